The monoisotopic (exact) mass is 269 g/mol. The molecule has 3 rings (SSSR count). The van der Waals surface area contributed by atoms with E-state index >= 15 is 0 Å². The minimum atomic E-state index is -0.403. The van der Waals surface area contributed by atoms with E-state index in [4.69, 9.17) is 4.74 Å². The van der Waals surface area contributed by atoms with Gasteiger partial charge in [0.05, 0.1) is 29.5 Å². The molecule has 0 unspecified atom stereocenters. The Bertz CT molecular complexity index is 795. The number of ether oxygens (including phenoxy) is 1. The fraction of sp³-hybridized carbons (Fsp3) is 0.0714. The van der Waals surface area contributed by atoms with Gasteiger partial charge in [0, 0.05) is 12.3 Å². The van der Waals surface area contributed by atoms with E-state index in [1.165, 1.54) is 6.07 Å². The predicted molar refractivity (Wildman–Crippen MR) is 73.8 cm³/mol. The molecule has 0 spiro atoms. The first-order valence-electron chi connectivity index (χ1n) is 5.95. The molecule has 0 bridgehead atoms. The molecule has 3 aromatic rings. The van der Waals surface area contributed by atoms with Crippen LogP contribution in [-0.2, 0) is 0 Å². The number of fused-ring (bicyclic) bond motifs is 1. The molecule has 0 saturated carbocycles. The lowest BCUT2D eigenvalue weighted by atomic mass is 10.1. The number of aromatic nitrogens is 2. The van der Waals surface area contributed by atoms with Gasteiger partial charge in [0.25, 0.3) is 5.69 Å². The van der Waals surface area contributed by atoms with E-state index in [0.29, 0.717) is 22.7 Å². The normalized spacial score (nSPS) is 10.7. The van der Waals surface area contributed by atoms with Gasteiger partial charge in [-0.25, -0.2) is 4.98 Å². The van der Waals surface area contributed by atoms with Crippen LogP contribution in [-0.4, -0.2) is 21.4 Å². The molecule has 0 atom stereocenters. The van der Waals surface area contributed by atoms with Gasteiger partial charge in [0.2, 0.25) is 0 Å². The minimum Gasteiger partial charge on any atom is -0.495 e. The third kappa shape index (κ3) is 1.97. The summed E-state index contributed by atoms with van der Waals surface area (Å²) in [5, 5.41) is 11.1. The Morgan fingerprint density at radius 3 is 2.75 bits per heavy atom. The van der Waals surface area contributed by atoms with Crippen LogP contribution in [0.3, 0.4) is 0 Å². The highest BCUT2D eigenvalue weighted by atomic mass is 16.6. The zero-order valence-corrected chi connectivity index (χ0v) is 10.7. The van der Waals surface area contributed by atoms with Crippen molar-refractivity contribution in [3.63, 3.8) is 0 Å². The summed E-state index contributed by atoms with van der Waals surface area (Å²) in [5.41, 5.74) is 1.81. The third-order valence-electron chi connectivity index (χ3n) is 3.04. The molecule has 2 aromatic heterocycles. The van der Waals surface area contributed by atoms with Crippen LogP contribution in [0.4, 0.5) is 5.69 Å². The van der Waals surface area contributed by atoms with Crippen LogP contribution in [0.5, 0.6) is 5.75 Å². The van der Waals surface area contributed by atoms with E-state index in [9.17, 15) is 10.1 Å². The zero-order valence-electron chi connectivity index (χ0n) is 10.7. The number of nitro groups is 1. The van der Waals surface area contributed by atoms with Crippen LogP contribution >= 0.6 is 0 Å². The second-order valence-electron chi connectivity index (χ2n) is 4.23. The van der Waals surface area contributed by atoms with Gasteiger partial charge in [-0.05, 0) is 18.2 Å². The fourth-order valence-electron chi connectivity index (χ4n) is 2.07. The third-order valence-corrected chi connectivity index (χ3v) is 3.04. The van der Waals surface area contributed by atoms with E-state index in [0.717, 1.165) is 0 Å². The molecule has 20 heavy (non-hydrogen) atoms. The minimum absolute atomic E-state index is 0.0443. The largest absolute Gasteiger partial charge is 0.495 e. The lowest BCUT2D eigenvalue weighted by molar-refractivity contribution is -0.384. The Labute approximate surface area is 114 Å². The van der Waals surface area contributed by atoms with E-state index in [-0.39, 0.29) is 5.69 Å². The maximum Gasteiger partial charge on any atom is 0.278 e. The molecule has 6 heteroatoms. The van der Waals surface area contributed by atoms with Crippen LogP contribution < -0.4 is 4.74 Å². The highest BCUT2D eigenvalue weighted by Gasteiger charge is 2.16. The summed E-state index contributed by atoms with van der Waals surface area (Å²) in [4.78, 5) is 15.1. The zero-order chi connectivity index (χ0) is 14.1. The summed E-state index contributed by atoms with van der Waals surface area (Å²) in [6, 6.07) is 10.2. The van der Waals surface area contributed by atoms with Crippen molar-refractivity contribution in [3.8, 4) is 17.0 Å². The summed E-state index contributed by atoms with van der Waals surface area (Å²) >= 11 is 0. The molecule has 0 N–H and O–H groups in total. The molecule has 0 saturated heterocycles. The molecule has 0 radical (unpaired) electrons. The van der Waals surface area contributed by atoms with Crippen molar-refractivity contribution in [2.45, 2.75) is 0 Å². The Morgan fingerprint density at radius 1 is 1.20 bits per heavy atom. The molecule has 6 nitrogen and oxygen atoms in total. The number of benzene rings is 1. The van der Waals surface area contributed by atoms with Crippen LogP contribution in [0.2, 0.25) is 0 Å². The second-order valence-corrected chi connectivity index (χ2v) is 4.23. The highest BCUT2D eigenvalue weighted by Crippen LogP contribution is 2.29. The average molecular weight is 269 g/mol. The molecule has 0 aliphatic rings. The van der Waals surface area contributed by atoms with Gasteiger partial charge in [-0.1, -0.05) is 12.1 Å². The van der Waals surface area contributed by atoms with Crippen molar-refractivity contribution in [2.24, 2.45) is 0 Å². The van der Waals surface area contributed by atoms with Crippen molar-refractivity contribution in [2.75, 3.05) is 7.11 Å². The van der Waals surface area contributed by atoms with E-state index in [2.05, 4.69) is 4.98 Å². The molecular formula is C14H11N3O3. The van der Waals surface area contributed by atoms with Crippen LogP contribution in [0.1, 0.15) is 0 Å². The second kappa shape index (κ2) is 4.65. The van der Waals surface area contributed by atoms with Crippen LogP contribution in [0.25, 0.3) is 16.9 Å². The summed E-state index contributed by atoms with van der Waals surface area (Å²) in [6.45, 7) is 0. The van der Waals surface area contributed by atoms with Gasteiger partial charge >= 0.3 is 0 Å². The van der Waals surface area contributed by atoms with Gasteiger partial charge in [-0.15, -0.1) is 0 Å². The number of rotatable bonds is 3. The predicted octanol–water partition coefficient (Wildman–Crippen LogP) is 2.92. The Morgan fingerprint density at radius 2 is 2.00 bits per heavy atom. The number of hydrogen-bond donors (Lipinski definition) is 0. The number of pyridine rings is 1. The molecule has 0 aliphatic heterocycles. The Balaban J connectivity index is 2.18. The van der Waals surface area contributed by atoms with Crippen molar-refractivity contribution in [1.29, 1.82) is 0 Å². The lowest BCUT2D eigenvalue weighted by Gasteiger charge is -1.98. The first-order valence-corrected chi connectivity index (χ1v) is 5.95. The number of imidazole rings is 1. The average Bonchev–Trinajstić information content (AvgIpc) is 2.89. The van der Waals surface area contributed by atoms with Crippen molar-refractivity contribution in [3.05, 3.63) is 58.9 Å². The molecule has 100 valence electrons. The number of para-hydroxylation sites is 1. The molecule has 0 aliphatic carbocycles. The Hall–Kier alpha value is -2.89. The first kappa shape index (κ1) is 12.2. The lowest BCUT2D eigenvalue weighted by Crippen LogP contribution is -1.91. The molecular weight excluding hydrogens is 258 g/mol. The van der Waals surface area contributed by atoms with Crippen molar-refractivity contribution < 1.29 is 9.66 Å². The summed E-state index contributed by atoms with van der Waals surface area (Å²) < 4.78 is 6.92. The standard InChI is InChI=1S/C14H11N3O3/c1-20-10-6-7-14-15-12(9-16(14)8-10)11-4-2-3-5-13(11)17(18)19/h2-9H,1H3. The topological polar surface area (TPSA) is 69.7 Å². The van der Waals surface area contributed by atoms with E-state index in [1.807, 2.05) is 0 Å². The van der Waals surface area contributed by atoms with Crippen LogP contribution in [0.15, 0.2) is 48.8 Å². The molecule has 2 heterocycles. The van der Waals surface area contributed by atoms with Gasteiger partial charge in [0.1, 0.15) is 11.4 Å². The van der Waals surface area contributed by atoms with E-state index in [1.54, 1.807) is 54.2 Å². The highest BCUT2D eigenvalue weighted by molar-refractivity contribution is 5.72. The fourth-order valence-corrected chi connectivity index (χ4v) is 2.07. The maximum atomic E-state index is 11.1. The molecule has 1 aromatic carbocycles. The summed E-state index contributed by atoms with van der Waals surface area (Å²) in [6.07, 6.45) is 3.53. The molecule has 0 fully saturated rings. The van der Waals surface area contributed by atoms with Crippen molar-refractivity contribution >= 4 is 11.3 Å². The maximum absolute atomic E-state index is 11.1. The summed E-state index contributed by atoms with van der Waals surface area (Å²) in [7, 11) is 1.58. The van der Waals surface area contributed by atoms with Gasteiger partial charge in [-0.3, -0.25) is 10.1 Å². The van der Waals surface area contributed by atoms with Crippen molar-refractivity contribution in [1.82, 2.24) is 9.38 Å². The van der Waals surface area contributed by atoms with Gasteiger partial charge < -0.3 is 9.14 Å². The first-order chi connectivity index (χ1) is 9.69. The Kier molecular flexibility index (Phi) is 2.83. The molecule has 0 amide bonds. The number of nitro benzene ring substituents is 1. The quantitative estimate of drug-likeness (QED) is 0.541. The number of hydrogen-bond acceptors (Lipinski definition) is 4. The van der Waals surface area contributed by atoms with Gasteiger partial charge in [0.15, 0.2) is 0 Å². The summed E-state index contributed by atoms with van der Waals surface area (Å²) in [5.74, 6) is 0.698. The smallest absolute Gasteiger partial charge is 0.278 e. The number of methoxy groups -OCH3 is 1. The number of nitrogens with zero attached hydrogens (tertiary/aromatic N) is 3. The SMILES string of the molecule is COc1ccc2nc(-c3ccccc3[N+](=O)[O-])cn2c1. The van der Waals surface area contributed by atoms with Gasteiger partial charge in [-0.2, -0.15) is 0 Å². The van der Waals surface area contributed by atoms with Crippen LogP contribution in [0, 0.1) is 10.1 Å². The van der Waals surface area contributed by atoms with E-state index < -0.39 is 4.92 Å².